The topological polar surface area (TPSA) is 29.1 Å². The van der Waals surface area contributed by atoms with Crippen LogP contribution in [0.2, 0.25) is 5.02 Å². The molecule has 0 bridgehead atoms. The van der Waals surface area contributed by atoms with E-state index >= 15 is 0 Å². The molecule has 20 heavy (non-hydrogen) atoms. The van der Waals surface area contributed by atoms with Gasteiger partial charge in [-0.25, -0.2) is 8.78 Å². The minimum Gasteiger partial charge on any atom is -0.321 e. The predicted molar refractivity (Wildman–Crippen MR) is 75.5 cm³/mol. The van der Waals surface area contributed by atoms with E-state index in [1.165, 1.54) is 36.4 Å². The number of amides is 1. The Morgan fingerprint density at radius 1 is 1.10 bits per heavy atom. The van der Waals surface area contributed by atoms with E-state index < -0.39 is 11.7 Å². The second-order valence-electron chi connectivity index (χ2n) is 4.00. The van der Waals surface area contributed by atoms with Gasteiger partial charge in [0.15, 0.2) is 0 Å². The fraction of sp³-hybridized carbons (Fsp3) is 0. The first-order valence-electron chi connectivity index (χ1n) is 5.74. The summed E-state index contributed by atoms with van der Waals surface area (Å²) < 4.78 is 25.8. The summed E-state index contributed by atoms with van der Waals surface area (Å²) in [5.41, 5.74) is 0.868. The Morgan fingerprint density at radius 2 is 1.85 bits per heavy atom. The maximum Gasteiger partial charge on any atom is 0.248 e. The molecule has 0 aliphatic heterocycles. The molecule has 102 valence electrons. The molecule has 0 spiro atoms. The van der Waals surface area contributed by atoms with Crippen LogP contribution in [-0.4, -0.2) is 5.91 Å². The lowest BCUT2D eigenvalue weighted by Gasteiger charge is -2.04. The Kier molecular flexibility index (Phi) is 4.48. The molecule has 1 N–H and O–H groups in total. The Morgan fingerprint density at radius 3 is 2.55 bits per heavy atom. The third-order valence-corrected chi connectivity index (χ3v) is 2.78. The van der Waals surface area contributed by atoms with E-state index in [-0.39, 0.29) is 10.8 Å². The SMILES string of the molecule is O=C(/C=C/c1cccc(F)c1)Nc1ccc(F)cc1Cl. The number of hydrogen-bond acceptors (Lipinski definition) is 1. The molecule has 0 aliphatic rings. The highest BCUT2D eigenvalue weighted by molar-refractivity contribution is 6.33. The lowest BCUT2D eigenvalue weighted by molar-refractivity contribution is -0.111. The fourth-order valence-corrected chi connectivity index (χ4v) is 1.76. The van der Waals surface area contributed by atoms with Crippen LogP contribution in [0.5, 0.6) is 0 Å². The molecule has 0 saturated heterocycles. The van der Waals surface area contributed by atoms with Crippen LogP contribution >= 0.6 is 11.6 Å². The van der Waals surface area contributed by atoms with Crippen molar-refractivity contribution in [1.82, 2.24) is 0 Å². The van der Waals surface area contributed by atoms with E-state index in [4.69, 9.17) is 11.6 Å². The Balaban J connectivity index is 2.05. The standard InChI is InChI=1S/C15H10ClF2NO/c16-13-9-12(18)5-6-14(13)19-15(20)7-4-10-2-1-3-11(17)8-10/h1-9H,(H,19,20)/b7-4+. The van der Waals surface area contributed by atoms with Crippen molar-refractivity contribution in [3.63, 3.8) is 0 Å². The number of nitrogens with one attached hydrogen (secondary N) is 1. The fourth-order valence-electron chi connectivity index (χ4n) is 1.55. The molecule has 0 atom stereocenters. The summed E-state index contributed by atoms with van der Waals surface area (Å²) in [7, 11) is 0. The van der Waals surface area contributed by atoms with Crippen molar-refractivity contribution in [1.29, 1.82) is 0 Å². The van der Waals surface area contributed by atoms with Gasteiger partial charge in [0.2, 0.25) is 5.91 Å². The first-order chi connectivity index (χ1) is 9.54. The van der Waals surface area contributed by atoms with Crippen molar-refractivity contribution in [3.8, 4) is 0 Å². The van der Waals surface area contributed by atoms with Gasteiger partial charge in [0.25, 0.3) is 0 Å². The van der Waals surface area contributed by atoms with Gasteiger partial charge in [-0.15, -0.1) is 0 Å². The van der Waals surface area contributed by atoms with Crippen molar-refractivity contribution in [3.05, 3.63) is 70.8 Å². The molecule has 0 saturated carbocycles. The van der Waals surface area contributed by atoms with E-state index in [0.717, 1.165) is 6.07 Å². The maximum absolute atomic E-state index is 12.9. The number of rotatable bonds is 3. The highest BCUT2D eigenvalue weighted by Gasteiger charge is 2.04. The molecule has 0 heterocycles. The Bertz CT molecular complexity index is 671. The zero-order valence-electron chi connectivity index (χ0n) is 10.2. The van der Waals surface area contributed by atoms with Gasteiger partial charge in [0, 0.05) is 6.08 Å². The summed E-state index contributed by atoms with van der Waals surface area (Å²) in [4.78, 5) is 11.7. The van der Waals surface area contributed by atoms with Crippen molar-refractivity contribution < 1.29 is 13.6 Å². The van der Waals surface area contributed by atoms with Gasteiger partial charge in [-0.2, -0.15) is 0 Å². The molecule has 0 fully saturated rings. The van der Waals surface area contributed by atoms with E-state index in [1.807, 2.05) is 0 Å². The highest BCUT2D eigenvalue weighted by atomic mass is 35.5. The van der Waals surface area contributed by atoms with Gasteiger partial charge in [0.05, 0.1) is 10.7 Å². The van der Waals surface area contributed by atoms with Crippen molar-refractivity contribution >= 4 is 29.3 Å². The second kappa shape index (κ2) is 6.30. The first kappa shape index (κ1) is 14.2. The van der Waals surface area contributed by atoms with E-state index in [0.29, 0.717) is 11.3 Å². The second-order valence-corrected chi connectivity index (χ2v) is 4.41. The molecule has 2 aromatic carbocycles. The molecule has 5 heteroatoms. The minimum absolute atomic E-state index is 0.109. The summed E-state index contributed by atoms with van der Waals surface area (Å²) in [6.45, 7) is 0. The average molecular weight is 294 g/mol. The lowest BCUT2D eigenvalue weighted by atomic mass is 10.2. The number of halogens is 3. The van der Waals surface area contributed by atoms with E-state index in [9.17, 15) is 13.6 Å². The summed E-state index contributed by atoms with van der Waals surface area (Å²) in [5.74, 6) is -1.31. The number of hydrogen-bond donors (Lipinski definition) is 1. The number of benzene rings is 2. The highest BCUT2D eigenvalue weighted by Crippen LogP contribution is 2.22. The lowest BCUT2D eigenvalue weighted by Crippen LogP contribution is -2.08. The van der Waals surface area contributed by atoms with Gasteiger partial charge in [-0.3, -0.25) is 4.79 Å². The molecule has 0 radical (unpaired) electrons. The normalized spacial score (nSPS) is 10.8. The predicted octanol–water partition coefficient (Wildman–Crippen LogP) is 4.27. The number of carbonyl (C=O) groups excluding carboxylic acids is 1. The van der Waals surface area contributed by atoms with Crippen LogP contribution in [0.15, 0.2) is 48.5 Å². The summed E-state index contributed by atoms with van der Waals surface area (Å²) in [6, 6.07) is 9.49. The smallest absolute Gasteiger partial charge is 0.248 e. The minimum atomic E-state index is -0.483. The van der Waals surface area contributed by atoms with Crippen molar-refractivity contribution in [2.75, 3.05) is 5.32 Å². The van der Waals surface area contributed by atoms with Gasteiger partial charge >= 0.3 is 0 Å². The van der Waals surface area contributed by atoms with Gasteiger partial charge in [-0.1, -0.05) is 23.7 Å². The molecule has 2 aromatic rings. The van der Waals surface area contributed by atoms with Crippen LogP contribution in [0.3, 0.4) is 0 Å². The van der Waals surface area contributed by atoms with Crippen LogP contribution < -0.4 is 5.32 Å². The molecular weight excluding hydrogens is 284 g/mol. The molecule has 2 rings (SSSR count). The Hall–Kier alpha value is -2.20. The molecule has 0 unspecified atom stereocenters. The van der Waals surface area contributed by atoms with Crippen molar-refractivity contribution in [2.24, 2.45) is 0 Å². The summed E-state index contributed by atoms with van der Waals surface area (Å²) in [6.07, 6.45) is 2.71. The maximum atomic E-state index is 12.9. The molecule has 1 amide bonds. The first-order valence-corrected chi connectivity index (χ1v) is 6.12. The van der Waals surface area contributed by atoms with Crippen LogP contribution in [-0.2, 0) is 4.79 Å². The quantitative estimate of drug-likeness (QED) is 0.841. The third kappa shape index (κ3) is 3.90. The average Bonchev–Trinajstić information content (AvgIpc) is 2.40. The van der Waals surface area contributed by atoms with Crippen molar-refractivity contribution in [2.45, 2.75) is 0 Å². The summed E-state index contributed by atoms with van der Waals surface area (Å²) >= 11 is 5.78. The summed E-state index contributed by atoms with van der Waals surface area (Å²) in [5, 5.41) is 2.61. The number of anilines is 1. The van der Waals surface area contributed by atoms with Crippen LogP contribution in [0.1, 0.15) is 5.56 Å². The molecule has 2 nitrogen and oxygen atoms in total. The van der Waals surface area contributed by atoms with E-state index in [2.05, 4.69) is 5.32 Å². The zero-order chi connectivity index (χ0) is 14.5. The van der Waals surface area contributed by atoms with Crippen LogP contribution in [0.25, 0.3) is 6.08 Å². The van der Waals surface area contributed by atoms with Gasteiger partial charge < -0.3 is 5.32 Å². The van der Waals surface area contributed by atoms with Gasteiger partial charge in [0.1, 0.15) is 11.6 Å². The number of carbonyl (C=O) groups is 1. The molecule has 0 aliphatic carbocycles. The van der Waals surface area contributed by atoms with Gasteiger partial charge in [-0.05, 0) is 42.0 Å². The Labute approximate surface area is 119 Å². The van der Waals surface area contributed by atoms with Crippen LogP contribution in [0, 0.1) is 11.6 Å². The molecule has 0 aromatic heterocycles. The largest absolute Gasteiger partial charge is 0.321 e. The van der Waals surface area contributed by atoms with Crippen LogP contribution in [0.4, 0.5) is 14.5 Å². The zero-order valence-corrected chi connectivity index (χ0v) is 11.0. The monoisotopic (exact) mass is 293 g/mol. The molecular formula is C15H10ClF2NO. The van der Waals surface area contributed by atoms with E-state index in [1.54, 1.807) is 12.1 Å². The third-order valence-electron chi connectivity index (χ3n) is 2.46.